The third-order valence-electron chi connectivity index (χ3n) is 6.73. The minimum atomic E-state index is -4.97. The second kappa shape index (κ2) is 9.46. The van der Waals surface area contributed by atoms with E-state index in [1.165, 1.54) is 11.1 Å². The van der Waals surface area contributed by atoms with Crippen molar-refractivity contribution in [1.82, 2.24) is 4.31 Å². The van der Waals surface area contributed by atoms with E-state index in [2.05, 4.69) is 21.6 Å². The lowest BCUT2D eigenvalue weighted by molar-refractivity contribution is -0.423. The highest BCUT2D eigenvalue weighted by molar-refractivity contribution is 7.84. The van der Waals surface area contributed by atoms with Gasteiger partial charge in [0.1, 0.15) is 5.60 Å². The average molecular weight is 523 g/mol. The minimum Gasteiger partial charge on any atom is -0.443 e. The third kappa shape index (κ3) is 5.19. The molecule has 0 radical (unpaired) electrons. The topological polar surface area (TPSA) is 90.2 Å². The van der Waals surface area contributed by atoms with Crippen molar-refractivity contribution in [3.63, 3.8) is 0 Å². The number of para-hydroxylation sites is 2. The molecular weight excluding hydrogens is 490 g/mol. The molecule has 9 heteroatoms. The van der Waals surface area contributed by atoms with Gasteiger partial charge in [-0.3, -0.25) is 4.55 Å². The number of nitrogens with zero attached hydrogens (tertiary/aromatic N) is 3. The summed E-state index contributed by atoms with van der Waals surface area (Å²) in [4.78, 5) is 15.3. The highest BCUT2D eigenvalue weighted by Crippen LogP contribution is 2.38. The van der Waals surface area contributed by atoms with Crippen LogP contribution < -0.4 is 4.90 Å². The number of fused-ring (bicyclic) bond motifs is 2. The number of anilines is 1. The van der Waals surface area contributed by atoms with Gasteiger partial charge >= 0.3 is 16.4 Å². The standard InChI is InChI=1S/C28H31N3O5S/c1-28(2,3)36-27(32)31(37(33,34)35)26-22(18-29-16-14-20-8-4-6-10-24(20)29)12-13-23(26)19-30-17-15-21-9-5-7-11-25(21)30/h4-11,18-19H,12-17H2,1-3H3/p+1. The van der Waals surface area contributed by atoms with Gasteiger partial charge in [-0.15, -0.1) is 4.31 Å². The number of rotatable bonds is 4. The monoisotopic (exact) mass is 522 g/mol. The first kappa shape index (κ1) is 25.2. The molecular formula is C28H32N3O5S+. The highest BCUT2D eigenvalue weighted by Gasteiger charge is 2.40. The molecule has 194 valence electrons. The largest absolute Gasteiger partial charge is 0.443 e. The number of allylic oxidation sites excluding steroid dienone is 2. The smallest absolute Gasteiger partial charge is 0.430 e. The zero-order valence-corrected chi connectivity index (χ0v) is 22.2. The number of hydrogen-bond donors (Lipinski definition) is 1. The normalized spacial score (nSPS) is 19.5. The van der Waals surface area contributed by atoms with E-state index in [9.17, 15) is 17.8 Å². The van der Waals surface area contributed by atoms with E-state index < -0.39 is 22.0 Å². The Labute approximate surface area is 218 Å². The van der Waals surface area contributed by atoms with Gasteiger partial charge in [0.05, 0.1) is 5.70 Å². The van der Waals surface area contributed by atoms with Crippen LogP contribution in [0.15, 0.2) is 71.6 Å². The molecule has 0 saturated heterocycles. The van der Waals surface area contributed by atoms with Crippen molar-refractivity contribution in [2.45, 2.75) is 52.1 Å². The molecule has 3 aliphatic rings. The first-order valence-corrected chi connectivity index (χ1v) is 13.9. The summed E-state index contributed by atoms with van der Waals surface area (Å²) in [6.45, 7) is 6.45. The van der Waals surface area contributed by atoms with Crippen LogP contribution in [-0.2, 0) is 27.9 Å². The number of carbonyl (C=O) groups is 1. The molecule has 0 bridgehead atoms. The van der Waals surface area contributed by atoms with Crippen LogP contribution in [0.4, 0.5) is 16.2 Å². The fraction of sp³-hybridized carbons (Fsp3) is 0.357. The van der Waals surface area contributed by atoms with E-state index in [0.717, 1.165) is 37.3 Å². The quantitative estimate of drug-likeness (QED) is 0.449. The van der Waals surface area contributed by atoms with Crippen LogP contribution in [-0.4, -0.2) is 52.8 Å². The molecule has 0 atom stereocenters. The molecule has 2 heterocycles. The molecule has 2 aromatic carbocycles. The van der Waals surface area contributed by atoms with E-state index >= 15 is 0 Å². The molecule has 2 aromatic rings. The van der Waals surface area contributed by atoms with Crippen molar-refractivity contribution < 1.29 is 27.1 Å². The summed E-state index contributed by atoms with van der Waals surface area (Å²) in [5, 5.41) is 0. The summed E-state index contributed by atoms with van der Waals surface area (Å²) in [5.74, 6) is 0. The van der Waals surface area contributed by atoms with Gasteiger partial charge in [-0.1, -0.05) is 36.4 Å². The maximum absolute atomic E-state index is 13.2. The van der Waals surface area contributed by atoms with Crippen LogP contribution in [0.1, 0.15) is 44.7 Å². The SMILES string of the molecule is CC(C)(C)OC(=O)N(C1=C(C=[N+]2CCc3ccccc32)CCC1=CN1CCc2ccccc21)S(=O)(=O)O. The van der Waals surface area contributed by atoms with Crippen molar-refractivity contribution in [3.05, 3.63) is 82.7 Å². The van der Waals surface area contributed by atoms with E-state index in [0.29, 0.717) is 28.3 Å². The summed E-state index contributed by atoms with van der Waals surface area (Å²) in [6.07, 6.45) is 5.46. The number of benzene rings is 2. The summed E-state index contributed by atoms with van der Waals surface area (Å²) in [6, 6.07) is 16.1. The van der Waals surface area contributed by atoms with E-state index in [4.69, 9.17) is 4.74 Å². The second-order valence-corrected chi connectivity index (χ2v) is 11.8. The molecule has 2 aliphatic heterocycles. The Morgan fingerprint density at radius 1 is 1.03 bits per heavy atom. The molecule has 0 fully saturated rings. The van der Waals surface area contributed by atoms with Crippen molar-refractivity contribution in [3.8, 4) is 0 Å². The van der Waals surface area contributed by atoms with Crippen molar-refractivity contribution in [1.29, 1.82) is 0 Å². The first-order valence-electron chi connectivity index (χ1n) is 12.5. The van der Waals surface area contributed by atoms with Crippen LogP contribution >= 0.6 is 0 Å². The molecule has 1 aliphatic carbocycles. The highest BCUT2D eigenvalue weighted by atomic mass is 32.2. The Kier molecular flexibility index (Phi) is 6.45. The molecule has 0 unspecified atom stereocenters. The predicted octanol–water partition coefficient (Wildman–Crippen LogP) is 4.99. The lowest BCUT2D eigenvalue weighted by Crippen LogP contribution is -2.40. The van der Waals surface area contributed by atoms with Crippen LogP contribution in [0.5, 0.6) is 0 Å². The molecule has 1 N–H and O–H groups in total. The van der Waals surface area contributed by atoms with E-state index in [1.807, 2.05) is 48.8 Å². The third-order valence-corrected chi connectivity index (χ3v) is 7.53. The Bertz CT molecular complexity index is 1450. The van der Waals surface area contributed by atoms with Gasteiger partial charge in [0, 0.05) is 42.1 Å². The summed E-state index contributed by atoms with van der Waals surface area (Å²) >= 11 is 0. The van der Waals surface area contributed by atoms with Crippen molar-refractivity contribution in [2.24, 2.45) is 0 Å². The summed E-state index contributed by atoms with van der Waals surface area (Å²) in [7, 11) is -4.97. The zero-order valence-electron chi connectivity index (χ0n) is 21.3. The Hall–Kier alpha value is -3.43. The van der Waals surface area contributed by atoms with Crippen molar-refractivity contribution >= 4 is 34.0 Å². The van der Waals surface area contributed by atoms with Crippen LogP contribution in [0.2, 0.25) is 0 Å². The number of hydrogen-bond acceptors (Lipinski definition) is 5. The molecule has 1 amide bonds. The molecule has 8 nitrogen and oxygen atoms in total. The van der Waals surface area contributed by atoms with Crippen molar-refractivity contribution in [2.75, 3.05) is 18.0 Å². The first-order chi connectivity index (χ1) is 17.5. The van der Waals surface area contributed by atoms with Gasteiger partial charge in [-0.05, 0) is 57.2 Å². The number of carbonyl (C=O) groups excluding carboxylic acids is 1. The lowest BCUT2D eigenvalue weighted by Gasteiger charge is -2.27. The van der Waals surface area contributed by atoms with Gasteiger partial charge in [-0.25, -0.2) is 4.79 Å². The van der Waals surface area contributed by atoms with Gasteiger partial charge in [0.25, 0.3) is 0 Å². The van der Waals surface area contributed by atoms with Crippen LogP contribution in [0, 0.1) is 0 Å². The number of ether oxygens (including phenoxy) is 1. The zero-order chi connectivity index (χ0) is 26.4. The van der Waals surface area contributed by atoms with E-state index in [-0.39, 0.29) is 5.70 Å². The molecule has 5 rings (SSSR count). The Morgan fingerprint density at radius 3 is 2.46 bits per heavy atom. The maximum atomic E-state index is 13.2. The molecule has 0 aromatic heterocycles. The van der Waals surface area contributed by atoms with Crippen LogP contribution in [0.25, 0.3) is 0 Å². The molecule has 0 spiro atoms. The van der Waals surface area contributed by atoms with Gasteiger partial charge < -0.3 is 9.64 Å². The van der Waals surface area contributed by atoms with Crippen LogP contribution in [0.3, 0.4) is 0 Å². The Morgan fingerprint density at radius 2 is 1.73 bits per heavy atom. The fourth-order valence-electron chi connectivity index (χ4n) is 5.20. The predicted molar refractivity (Wildman–Crippen MR) is 142 cm³/mol. The fourth-order valence-corrected chi connectivity index (χ4v) is 5.89. The Balaban J connectivity index is 1.64. The summed E-state index contributed by atoms with van der Waals surface area (Å²) < 4.78 is 43.6. The number of amides is 1. The van der Waals surface area contributed by atoms with Gasteiger partial charge in [0.15, 0.2) is 12.8 Å². The lowest BCUT2D eigenvalue weighted by atomic mass is 10.2. The van der Waals surface area contributed by atoms with E-state index in [1.54, 1.807) is 20.8 Å². The second-order valence-electron chi connectivity index (χ2n) is 10.5. The maximum Gasteiger partial charge on any atom is 0.430 e. The molecule has 37 heavy (non-hydrogen) atoms. The minimum absolute atomic E-state index is 0.158. The summed E-state index contributed by atoms with van der Waals surface area (Å²) in [5.41, 5.74) is 5.04. The molecule has 0 saturated carbocycles. The van der Waals surface area contributed by atoms with Gasteiger partial charge in [0.2, 0.25) is 5.69 Å². The average Bonchev–Trinajstić information content (AvgIpc) is 3.52. The van der Waals surface area contributed by atoms with Gasteiger partial charge in [-0.2, -0.15) is 13.0 Å².